The highest BCUT2D eigenvalue weighted by atomic mass is 19.1. The van der Waals surface area contributed by atoms with Crippen LogP contribution >= 0.6 is 0 Å². The third-order valence-corrected chi connectivity index (χ3v) is 3.58. The molecule has 0 spiro atoms. The Hall–Kier alpha value is -1.78. The van der Waals surface area contributed by atoms with Crippen LogP contribution in [0.5, 0.6) is 0 Å². The SMILES string of the molecule is Cc1cc(F)c(C(C)N[C@@H](CO)c2ccccc2)cc1F. The molecule has 0 fully saturated rings. The van der Waals surface area contributed by atoms with Crippen LogP contribution in [0.25, 0.3) is 0 Å². The lowest BCUT2D eigenvalue weighted by Crippen LogP contribution is -2.28. The van der Waals surface area contributed by atoms with Crippen LogP contribution in [0.2, 0.25) is 0 Å². The first-order valence-electron chi connectivity index (χ1n) is 6.90. The molecule has 2 nitrogen and oxygen atoms in total. The van der Waals surface area contributed by atoms with Gasteiger partial charge in [-0.3, -0.25) is 0 Å². The molecule has 112 valence electrons. The van der Waals surface area contributed by atoms with Crippen LogP contribution in [0.4, 0.5) is 8.78 Å². The molecule has 21 heavy (non-hydrogen) atoms. The summed E-state index contributed by atoms with van der Waals surface area (Å²) in [6, 6.07) is 11.0. The molecule has 0 radical (unpaired) electrons. The van der Waals surface area contributed by atoms with Gasteiger partial charge in [-0.05, 0) is 37.1 Å². The predicted molar refractivity (Wildman–Crippen MR) is 78.9 cm³/mol. The van der Waals surface area contributed by atoms with Gasteiger partial charge < -0.3 is 10.4 Å². The van der Waals surface area contributed by atoms with Crippen LogP contribution in [0.3, 0.4) is 0 Å². The summed E-state index contributed by atoms with van der Waals surface area (Å²) in [6.07, 6.45) is 0. The molecule has 0 aliphatic carbocycles. The highest BCUT2D eigenvalue weighted by Crippen LogP contribution is 2.23. The summed E-state index contributed by atoms with van der Waals surface area (Å²) in [5.41, 5.74) is 1.44. The lowest BCUT2D eigenvalue weighted by molar-refractivity contribution is 0.234. The fourth-order valence-corrected chi connectivity index (χ4v) is 2.32. The van der Waals surface area contributed by atoms with Crippen LogP contribution < -0.4 is 5.32 Å². The molecule has 0 amide bonds. The van der Waals surface area contributed by atoms with Crippen molar-refractivity contribution in [2.75, 3.05) is 6.61 Å². The normalized spacial score (nSPS) is 14.0. The molecule has 2 aromatic carbocycles. The van der Waals surface area contributed by atoms with Gasteiger partial charge in [0.2, 0.25) is 0 Å². The van der Waals surface area contributed by atoms with Crippen LogP contribution in [0.15, 0.2) is 42.5 Å². The first-order valence-corrected chi connectivity index (χ1v) is 6.90. The number of nitrogens with one attached hydrogen (secondary N) is 1. The van der Waals surface area contributed by atoms with Crippen LogP contribution in [-0.4, -0.2) is 11.7 Å². The average molecular weight is 291 g/mol. The zero-order chi connectivity index (χ0) is 15.4. The number of aliphatic hydroxyl groups excluding tert-OH is 1. The van der Waals surface area contributed by atoms with Crippen molar-refractivity contribution in [3.8, 4) is 0 Å². The zero-order valence-corrected chi connectivity index (χ0v) is 12.1. The molecule has 2 rings (SSSR count). The summed E-state index contributed by atoms with van der Waals surface area (Å²) in [4.78, 5) is 0. The topological polar surface area (TPSA) is 32.3 Å². The van der Waals surface area contributed by atoms with E-state index in [2.05, 4.69) is 5.32 Å². The van der Waals surface area contributed by atoms with Gasteiger partial charge in [0, 0.05) is 11.6 Å². The minimum absolute atomic E-state index is 0.121. The minimum Gasteiger partial charge on any atom is -0.394 e. The zero-order valence-electron chi connectivity index (χ0n) is 12.1. The number of benzene rings is 2. The maximum Gasteiger partial charge on any atom is 0.128 e. The van der Waals surface area contributed by atoms with E-state index in [0.29, 0.717) is 0 Å². The van der Waals surface area contributed by atoms with Crippen molar-refractivity contribution in [1.82, 2.24) is 5.32 Å². The highest BCUT2D eigenvalue weighted by Gasteiger charge is 2.18. The second-order valence-electron chi connectivity index (χ2n) is 5.16. The Kier molecular flexibility index (Phi) is 5.04. The summed E-state index contributed by atoms with van der Waals surface area (Å²) in [5, 5.41) is 12.6. The Labute approximate surface area is 123 Å². The minimum atomic E-state index is -0.446. The van der Waals surface area contributed by atoms with Gasteiger partial charge in [-0.15, -0.1) is 0 Å². The molecule has 1 unspecified atom stereocenters. The number of aliphatic hydroxyl groups is 1. The molecular weight excluding hydrogens is 272 g/mol. The highest BCUT2D eigenvalue weighted by molar-refractivity contribution is 5.28. The summed E-state index contributed by atoms with van der Waals surface area (Å²) >= 11 is 0. The van der Waals surface area contributed by atoms with E-state index in [4.69, 9.17) is 0 Å². The van der Waals surface area contributed by atoms with Gasteiger partial charge in [-0.1, -0.05) is 30.3 Å². The van der Waals surface area contributed by atoms with Crippen molar-refractivity contribution in [3.05, 3.63) is 70.8 Å². The predicted octanol–water partition coefficient (Wildman–Crippen LogP) is 3.66. The van der Waals surface area contributed by atoms with Gasteiger partial charge in [0.1, 0.15) is 11.6 Å². The third-order valence-electron chi connectivity index (χ3n) is 3.58. The molecule has 2 N–H and O–H groups in total. The van der Waals surface area contributed by atoms with E-state index in [9.17, 15) is 13.9 Å². The molecule has 0 saturated carbocycles. The lowest BCUT2D eigenvalue weighted by atomic mass is 10.0. The lowest BCUT2D eigenvalue weighted by Gasteiger charge is -2.23. The van der Waals surface area contributed by atoms with Gasteiger partial charge >= 0.3 is 0 Å². The largest absolute Gasteiger partial charge is 0.394 e. The van der Waals surface area contributed by atoms with E-state index in [-0.39, 0.29) is 23.8 Å². The molecule has 4 heteroatoms. The van der Waals surface area contributed by atoms with Gasteiger partial charge in [0.15, 0.2) is 0 Å². The second kappa shape index (κ2) is 6.78. The molecular formula is C17H19F2NO. The molecule has 0 heterocycles. The van der Waals surface area contributed by atoms with Crippen LogP contribution in [-0.2, 0) is 0 Å². The molecule has 2 aromatic rings. The van der Waals surface area contributed by atoms with Crippen molar-refractivity contribution >= 4 is 0 Å². The van der Waals surface area contributed by atoms with Crippen LogP contribution in [0.1, 0.15) is 35.7 Å². The van der Waals surface area contributed by atoms with E-state index in [0.717, 1.165) is 5.56 Å². The summed E-state index contributed by atoms with van der Waals surface area (Å²) < 4.78 is 27.6. The number of hydrogen-bond donors (Lipinski definition) is 2. The van der Waals surface area contributed by atoms with Gasteiger partial charge in [-0.25, -0.2) is 8.78 Å². The molecule has 0 saturated heterocycles. The van der Waals surface area contributed by atoms with E-state index >= 15 is 0 Å². The Morgan fingerprint density at radius 3 is 2.38 bits per heavy atom. The average Bonchev–Trinajstić information content (AvgIpc) is 2.49. The van der Waals surface area contributed by atoms with Crippen molar-refractivity contribution in [2.45, 2.75) is 25.9 Å². The Balaban J connectivity index is 2.20. The third kappa shape index (κ3) is 3.65. The molecule has 0 bridgehead atoms. The fourth-order valence-electron chi connectivity index (χ4n) is 2.32. The molecule has 2 atom stereocenters. The Morgan fingerprint density at radius 2 is 1.76 bits per heavy atom. The number of hydrogen-bond acceptors (Lipinski definition) is 2. The van der Waals surface area contributed by atoms with E-state index < -0.39 is 17.7 Å². The number of halogens is 2. The van der Waals surface area contributed by atoms with Crippen LogP contribution in [0, 0.1) is 18.6 Å². The van der Waals surface area contributed by atoms with Gasteiger partial charge in [0.25, 0.3) is 0 Å². The van der Waals surface area contributed by atoms with E-state index in [1.165, 1.54) is 19.1 Å². The monoisotopic (exact) mass is 291 g/mol. The molecule has 0 aromatic heterocycles. The second-order valence-corrected chi connectivity index (χ2v) is 5.16. The van der Waals surface area contributed by atoms with E-state index in [1.807, 2.05) is 30.3 Å². The van der Waals surface area contributed by atoms with Gasteiger partial charge in [-0.2, -0.15) is 0 Å². The first-order chi connectivity index (χ1) is 10.0. The maximum atomic E-state index is 14.0. The van der Waals surface area contributed by atoms with Crippen molar-refractivity contribution in [3.63, 3.8) is 0 Å². The van der Waals surface area contributed by atoms with Gasteiger partial charge in [0.05, 0.1) is 12.6 Å². The smallest absolute Gasteiger partial charge is 0.128 e. The summed E-state index contributed by atoms with van der Waals surface area (Å²) in [5.74, 6) is -0.876. The quantitative estimate of drug-likeness (QED) is 0.881. The Bertz CT molecular complexity index is 601. The molecule has 0 aliphatic rings. The Morgan fingerprint density at radius 1 is 1.10 bits per heavy atom. The number of aryl methyl sites for hydroxylation is 1. The fraction of sp³-hybridized carbons (Fsp3) is 0.294. The standard InChI is InChI=1S/C17H19F2NO/c1-11-8-16(19)14(9-15(11)18)12(2)20-17(10-21)13-6-4-3-5-7-13/h3-9,12,17,20-21H,10H2,1-2H3/t12?,17-/m0/s1. The maximum absolute atomic E-state index is 14.0. The first kappa shape index (κ1) is 15.6. The van der Waals surface area contributed by atoms with Crippen molar-refractivity contribution in [2.24, 2.45) is 0 Å². The summed E-state index contributed by atoms with van der Waals surface area (Å²) in [6.45, 7) is 3.16. The van der Waals surface area contributed by atoms with Crippen molar-refractivity contribution < 1.29 is 13.9 Å². The molecule has 0 aliphatic heterocycles. The number of rotatable bonds is 5. The summed E-state index contributed by atoms with van der Waals surface area (Å²) in [7, 11) is 0. The van der Waals surface area contributed by atoms with E-state index in [1.54, 1.807) is 6.92 Å². The van der Waals surface area contributed by atoms with Crippen molar-refractivity contribution in [1.29, 1.82) is 0 Å².